The van der Waals surface area contributed by atoms with Gasteiger partial charge in [0.15, 0.2) is 5.82 Å². The molecule has 6 nitrogen and oxygen atoms in total. The Bertz CT molecular complexity index is 377. The summed E-state index contributed by atoms with van der Waals surface area (Å²) >= 11 is 3.36. The molecular weight excluding hydrogens is 274 g/mol. The number of aliphatic hydroxyl groups is 1. The summed E-state index contributed by atoms with van der Waals surface area (Å²) in [6.07, 6.45) is 4.45. The number of aliphatic hydroxyl groups excluding tert-OH is 1. The molecule has 1 saturated carbocycles. The van der Waals surface area contributed by atoms with Crippen molar-refractivity contribution in [1.82, 2.24) is 9.97 Å². The third kappa shape index (κ3) is 1.98. The van der Waals surface area contributed by atoms with Crippen LogP contribution in [0.5, 0.6) is 0 Å². The van der Waals surface area contributed by atoms with Crippen molar-refractivity contribution in [2.24, 2.45) is 5.84 Å². The standard InChI is InChI=1S/C9H14BrN5O/c10-6-7(12-5-13-8(6)15-11)14-9(4-16)2-1-3-9/h5,16H,1-4,11H2,(H2,12,13,14,15). The zero-order valence-electron chi connectivity index (χ0n) is 8.70. The van der Waals surface area contributed by atoms with Gasteiger partial charge in [-0.2, -0.15) is 0 Å². The van der Waals surface area contributed by atoms with Gasteiger partial charge in [0.05, 0.1) is 12.1 Å². The van der Waals surface area contributed by atoms with E-state index in [2.05, 4.69) is 36.6 Å². The zero-order valence-corrected chi connectivity index (χ0v) is 10.3. The van der Waals surface area contributed by atoms with Crippen molar-refractivity contribution in [2.75, 3.05) is 17.3 Å². The number of aromatic nitrogens is 2. The van der Waals surface area contributed by atoms with E-state index in [1.165, 1.54) is 6.33 Å². The van der Waals surface area contributed by atoms with Crippen molar-refractivity contribution in [3.8, 4) is 0 Å². The van der Waals surface area contributed by atoms with Gasteiger partial charge in [0, 0.05) is 0 Å². The fourth-order valence-corrected chi connectivity index (χ4v) is 2.15. The van der Waals surface area contributed by atoms with Gasteiger partial charge >= 0.3 is 0 Å². The van der Waals surface area contributed by atoms with Crippen LogP contribution in [0.15, 0.2) is 10.8 Å². The minimum Gasteiger partial charge on any atom is -0.394 e. The third-order valence-electron chi connectivity index (χ3n) is 2.92. The van der Waals surface area contributed by atoms with Crippen LogP contribution in [0.2, 0.25) is 0 Å². The van der Waals surface area contributed by atoms with Crippen molar-refractivity contribution < 1.29 is 5.11 Å². The highest BCUT2D eigenvalue weighted by Crippen LogP contribution is 2.37. The summed E-state index contributed by atoms with van der Waals surface area (Å²) in [6.45, 7) is 0.106. The van der Waals surface area contributed by atoms with E-state index in [1.807, 2.05) is 0 Å². The van der Waals surface area contributed by atoms with Crippen LogP contribution in [0.4, 0.5) is 11.6 Å². The first-order chi connectivity index (χ1) is 7.71. The van der Waals surface area contributed by atoms with Crippen molar-refractivity contribution in [3.63, 3.8) is 0 Å². The average molecular weight is 288 g/mol. The zero-order chi connectivity index (χ0) is 11.6. The number of hydrazine groups is 1. The lowest BCUT2D eigenvalue weighted by Gasteiger charge is -2.41. The summed E-state index contributed by atoms with van der Waals surface area (Å²) in [5.74, 6) is 6.48. The van der Waals surface area contributed by atoms with Crippen molar-refractivity contribution in [2.45, 2.75) is 24.8 Å². The first kappa shape index (κ1) is 11.6. The fraction of sp³-hybridized carbons (Fsp3) is 0.556. The summed E-state index contributed by atoms with van der Waals surface area (Å²) < 4.78 is 0.678. The molecule has 0 spiro atoms. The number of nitrogens with one attached hydrogen (secondary N) is 2. The van der Waals surface area contributed by atoms with Crippen LogP contribution in [-0.4, -0.2) is 27.2 Å². The highest BCUT2D eigenvalue weighted by molar-refractivity contribution is 9.10. The minimum atomic E-state index is -0.233. The van der Waals surface area contributed by atoms with Crippen LogP contribution >= 0.6 is 15.9 Å². The van der Waals surface area contributed by atoms with Crippen LogP contribution < -0.4 is 16.6 Å². The topological polar surface area (TPSA) is 96.1 Å². The van der Waals surface area contributed by atoms with Gasteiger partial charge in [0.1, 0.15) is 16.6 Å². The maximum Gasteiger partial charge on any atom is 0.159 e. The monoisotopic (exact) mass is 287 g/mol. The summed E-state index contributed by atoms with van der Waals surface area (Å²) in [4.78, 5) is 8.09. The van der Waals surface area contributed by atoms with E-state index in [0.717, 1.165) is 19.3 Å². The number of nitrogens with two attached hydrogens (primary N) is 1. The van der Waals surface area contributed by atoms with Crippen LogP contribution in [0, 0.1) is 0 Å². The van der Waals surface area contributed by atoms with Gasteiger partial charge in [-0.25, -0.2) is 15.8 Å². The molecule has 0 saturated heterocycles. The summed E-state index contributed by atoms with van der Waals surface area (Å²) in [5.41, 5.74) is 2.24. The quantitative estimate of drug-likeness (QED) is 0.484. The molecule has 2 rings (SSSR count). The SMILES string of the molecule is NNc1ncnc(NC2(CO)CCC2)c1Br. The molecule has 0 amide bonds. The third-order valence-corrected chi connectivity index (χ3v) is 3.67. The number of nitrogen functional groups attached to an aromatic ring is 1. The van der Waals surface area contributed by atoms with E-state index < -0.39 is 0 Å². The normalized spacial score (nSPS) is 17.7. The molecule has 0 atom stereocenters. The molecule has 1 aliphatic rings. The Labute approximate surface area is 102 Å². The van der Waals surface area contributed by atoms with E-state index in [9.17, 15) is 5.11 Å². The Morgan fingerprint density at radius 2 is 2.12 bits per heavy atom. The molecule has 0 aromatic carbocycles. The number of rotatable bonds is 4. The van der Waals surface area contributed by atoms with Gasteiger partial charge in [-0.1, -0.05) is 0 Å². The van der Waals surface area contributed by atoms with Crippen molar-refractivity contribution in [3.05, 3.63) is 10.8 Å². The average Bonchev–Trinajstić information content (AvgIpc) is 2.25. The second-order valence-electron chi connectivity index (χ2n) is 3.95. The van der Waals surface area contributed by atoms with Gasteiger partial charge in [-0.05, 0) is 35.2 Å². The Kier molecular flexibility index (Phi) is 3.27. The lowest BCUT2D eigenvalue weighted by molar-refractivity contribution is 0.143. The van der Waals surface area contributed by atoms with E-state index in [4.69, 9.17) is 5.84 Å². The van der Waals surface area contributed by atoms with Crippen LogP contribution in [0.3, 0.4) is 0 Å². The molecule has 1 aliphatic carbocycles. The molecule has 5 N–H and O–H groups in total. The molecule has 0 bridgehead atoms. The second kappa shape index (κ2) is 4.52. The van der Waals surface area contributed by atoms with Gasteiger partial charge in [-0.15, -0.1) is 0 Å². The molecule has 1 fully saturated rings. The van der Waals surface area contributed by atoms with Gasteiger partial charge in [-0.3, -0.25) is 0 Å². The first-order valence-electron chi connectivity index (χ1n) is 5.07. The number of hydrogen-bond donors (Lipinski definition) is 4. The highest BCUT2D eigenvalue weighted by Gasteiger charge is 2.37. The molecule has 0 aliphatic heterocycles. The second-order valence-corrected chi connectivity index (χ2v) is 4.74. The molecular formula is C9H14BrN5O. The minimum absolute atomic E-state index is 0.106. The number of hydrogen-bond acceptors (Lipinski definition) is 6. The Balaban J connectivity index is 2.21. The summed E-state index contributed by atoms with van der Waals surface area (Å²) in [6, 6.07) is 0. The van der Waals surface area contributed by atoms with E-state index in [1.54, 1.807) is 0 Å². The smallest absolute Gasteiger partial charge is 0.159 e. The predicted octanol–water partition coefficient (Wildman–Crippen LogP) is 0.852. The fourth-order valence-electron chi connectivity index (χ4n) is 1.73. The van der Waals surface area contributed by atoms with Gasteiger partial charge in [0.2, 0.25) is 0 Å². The molecule has 0 radical (unpaired) electrons. The predicted molar refractivity (Wildman–Crippen MR) is 64.8 cm³/mol. The molecule has 88 valence electrons. The maximum absolute atomic E-state index is 9.35. The highest BCUT2D eigenvalue weighted by atomic mass is 79.9. The number of anilines is 2. The Hall–Kier alpha value is -0.920. The van der Waals surface area contributed by atoms with Crippen LogP contribution in [0.1, 0.15) is 19.3 Å². The molecule has 1 aromatic heterocycles. The molecule has 0 unspecified atom stereocenters. The largest absolute Gasteiger partial charge is 0.394 e. The summed E-state index contributed by atoms with van der Waals surface area (Å²) in [5, 5.41) is 12.6. The number of halogens is 1. The van der Waals surface area contributed by atoms with Gasteiger partial charge in [0.25, 0.3) is 0 Å². The molecule has 7 heteroatoms. The summed E-state index contributed by atoms with van der Waals surface area (Å²) in [7, 11) is 0. The lowest BCUT2D eigenvalue weighted by atomic mass is 9.77. The Morgan fingerprint density at radius 1 is 1.44 bits per heavy atom. The number of nitrogens with zero attached hydrogens (tertiary/aromatic N) is 2. The first-order valence-corrected chi connectivity index (χ1v) is 5.86. The van der Waals surface area contributed by atoms with Crippen molar-refractivity contribution >= 4 is 27.6 Å². The molecule has 1 heterocycles. The lowest BCUT2D eigenvalue weighted by Crippen LogP contribution is -2.48. The van der Waals surface area contributed by atoms with E-state index in [-0.39, 0.29) is 12.1 Å². The van der Waals surface area contributed by atoms with Crippen LogP contribution in [0.25, 0.3) is 0 Å². The van der Waals surface area contributed by atoms with Crippen LogP contribution in [-0.2, 0) is 0 Å². The molecule has 1 aromatic rings. The van der Waals surface area contributed by atoms with E-state index in [0.29, 0.717) is 16.1 Å². The Morgan fingerprint density at radius 3 is 2.62 bits per heavy atom. The van der Waals surface area contributed by atoms with E-state index >= 15 is 0 Å². The van der Waals surface area contributed by atoms with Gasteiger partial charge < -0.3 is 15.8 Å². The maximum atomic E-state index is 9.35. The molecule has 16 heavy (non-hydrogen) atoms. The van der Waals surface area contributed by atoms with Crippen molar-refractivity contribution in [1.29, 1.82) is 0 Å².